The predicted molar refractivity (Wildman–Crippen MR) is 90.2 cm³/mol. The molecule has 0 unspecified atom stereocenters. The van der Waals surface area contributed by atoms with Crippen molar-refractivity contribution in [3.63, 3.8) is 0 Å². The lowest BCUT2D eigenvalue weighted by Crippen LogP contribution is -2.31. The van der Waals surface area contributed by atoms with Gasteiger partial charge < -0.3 is 4.42 Å². The standard InChI is InChI=1S/C14H12F3N5O3S2/c1-2-27(23,24)22(8-3-4-10(15)18-5-8)7-11-19-6-9(26-11)13-20-21-14(25-13)12(16)17/h3-6,12H,2,7H2,1H3. The van der Waals surface area contributed by atoms with E-state index >= 15 is 0 Å². The first-order valence-corrected chi connectivity index (χ1v) is 9.91. The maximum absolute atomic E-state index is 13.0. The van der Waals surface area contributed by atoms with Crippen molar-refractivity contribution in [1.29, 1.82) is 0 Å². The van der Waals surface area contributed by atoms with Crippen LogP contribution in [0.3, 0.4) is 0 Å². The van der Waals surface area contributed by atoms with Crippen LogP contribution in [0, 0.1) is 5.95 Å². The van der Waals surface area contributed by atoms with Crippen molar-refractivity contribution >= 4 is 27.0 Å². The zero-order valence-corrected chi connectivity index (χ0v) is 15.3. The Morgan fingerprint density at radius 1 is 1.22 bits per heavy atom. The molecule has 0 radical (unpaired) electrons. The molecule has 0 aliphatic heterocycles. The Morgan fingerprint density at radius 3 is 2.59 bits per heavy atom. The molecule has 3 aromatic heterocycles. The third kappa shape index (κ3) is 4.24. The monoisotopic (exact) mass is 419 g/mol. The molecule has 27 heavy (non-hydrogen) atoms. The Morgan fingerprint density at radius 2 is 2.00 bits per heavy atom. The highest BCUT2D eigenvalue weighted by Gasteiger charge is 2.24. The number of thiazole rings is 1. The van der Waals surface area contributed by atoms with Crippen LogP contribution in [-0.4, -0.2) is 34.3 Å². The second-order valence-corrected chi connectivity index (χ2v) is 8.41. The molecule has 3 heterocycles. The van der Waals surface area contributed by atoms with Crippen LogP contribution in [-0.2, 0) is 16.6 Å². The van der Waals surface area contributed by atoms with Crippen molar-refractivity contribution < 1.29 is 26.0 Å². The first kappa shape index (κ1) is 19.2. The number of hydrogen-bond donors (Lipinski definition) is 0. The summed E-state index contributed by atoms with van der Waals surface area (Å²) >= 11 is 1.01. The van der Waals surface area contributed by atoms with Gasteiger partial charge in [0.1, 0.15) is 9.88 Å². The summed E-state index contributed by atoms with van der Waals surface area (Å²) in [4.78, 5) is 7.86. The molecule has 0 aromatic carbocycles. The van der Waals surface area contributed by atoms with E-state index in [0.717, 1.165) is 27.9 Å². The molecule has 0 fully saturated rings. The van der Waals surface area contributed by atoms with Gasteiger partial charge in [0.2, 0.25) is 16.0 Å². The van der Waals surface area contributed by atoms with Gasteiger partial charge in [-0.25, -0.2) is 18.4 Å². The number of alkyl halides is 2. The van der Waals surface area contributed by atoms with Gasteiger partial charge in [0.05, 0.1) is 30.4 Å². The van der Waals surface area contributed by atoms with Crippen LogP contribution in [0.15, 0.2) is 28.9 Å². The molecule has 0 saturated carbocycles. The summed E-state index contributed by atoms with van der Waals surface area (Å²) in [5.74, 6) is -1.88. The predicted octanol–water partition coefficient (Wildman–Crippen LogP) is 3.02. The molecule has 3 aromatic rings. The molecule has 0 N–H and O–H groups in total. The van der Waals surface area contributed by atoms with Crippen LogP contribution in [0.5, 0.6) is 0 Å². The number of hydrogen-bond acceptors (Lipinski definition) is 8. The number of rotatable bonds is 7. The molecule has 0 spiro atoms. The Labute approximate surface area is 155 Å². The lowest BCUT2D eigenvalue weighted by Gasteiger charge is -2.22. The number of pyridine rings is 1. The normalized spacial score (nSPS) is 11.9. The Kier molecular flexibility index (Phi) is 5.41. The molecule has 0 amide bonds. The summed E-state index contributed by atoms with van der Waals surface area (Å²) in [5, 5.41) is 7.11. The van der Waals surface area contributed by atoms with E-state index in [9.17, 15) is 21.6 Å². The quantitative estimate of drug-likeness (QED) is 0.543. The molecular weight excluding hydrogens is 407 g/mol. The third-order valence-corrected chi connectivity index (χ3v) is 6.08. The summed E-state index contributed by atoms with van der Waals surface area (Å²) in [6.45, 7) is 1.32. The lowest BCUT2D eigenvalue weighted by molar-refractivity contribution is 0.116. The van der Waals surface area contributed by atoms with E-state index in [1.54, 1.807) is 0 Å². The first-order chi connectivity index (χ1) is 12.8. The molecule has 144 valence electrons. The molecule has 13 heteroatoms. The number of aromatic nitrogens is 4. The zero-order chi connectivity index (χ0) is 19.6. The third-order valence-electron chi connectivity index (χ3n) is 3.37. The molecule has 8 nitrogen and oxygen atoms in total. The summed E-state index contributed by atoms with van der Waals surface area (Å²) in [6, 6.07) is 2.34. The van der Waals surface area contributed by atoms with Gasteiger partial charge >= 0.3 is 6.43 Å². The molecule has 0 aliphatic rings. The fourth-order valence-corrected chi connectivity index (χ4v) is 4.02. The van der Waals surface area contributed by atoms with E-state index in [0.29, 0.717) is 9.88 Å². The minimum atomic E-state index is -3.70. The van der Waals surface area contributed by atoms with Crippen molar-refractivity contribution in [1.82, 2.24) is 20.2 Å². The second-order valence-electron chi connectivity index (χ2n) is 5.11. The van der Waals surface area contributed by atoms with Crippen LogP contribution in [0.25, 0.3) is 10.8 Å². The first-order valence-electron chi connectivity index (χ1n) is 7.48. The molecule has 3 rings (SSSR count). The van der Waals surface area contributed by atoms with Gasteiger partial charge in [-0.05, 0) is 19.1 Å². The van der Waals surface area contributed by atoms with Crippen molar-refractivity contribution in [3.8, 4) is 10.8 Å². The number of halogens is 3. The van der Waals surface area contributed by atoms with Gasteiger partial charge in [-0.2, -0.15) is 13.2 Å². The van der Waals surface area contributed by atoms with Gasteiger partial charge in [-0.3, -0.25) is 4.31 Å². The molecule has 0 atom stereocenters. The van der Waals surface area contributed by atoms with Crippen molar-refractivity contribution in [3.05, 3.63) is 41.4 Å². The topological polar surface area (TPSA) is 102 Å². The van der Waals surface area contributed by atoms with Gasteiger partial charge in [-0.1, -0.05) is 0 Å². The van der Waals surface area contributed by atoms with Gasteiger partial charge in [0.25, 0.3) is 11.8 Å². The number of nitrogens with zero attached hydrogens (tertiary/aromatic N) is 5. The smallest absolute Gasteiger partial charge is 0.314 e. The summed E-state index contributed by atoms with van der Waals surface area (Å²) in [7, 11) is -3.70. The van der Waals surface area contributed by atoms with Crippen LogP contribution in [0.1, 0.15) is 24.2 Å². The minimum absolute atomic E-state index is 0.137. The van der Waals surface area contributed by atoms with Crippen LogP contribution < -0.4 is 4.31 Å². The van der Waals surface area contributed by atoms with Crippen LogP contribution >= 0.6 is 11.3 Å². The van der Waals surface area contributed by atoms with E-state index in [2.05, 4.69) is 20.2 Å². The molecule has 0 aliphatic carbocycles. The molecular formula is C14H12F3N5O3S2. The van der Waals surface area contributed by atoms with Crippen LogP contribution in [0.4, 0.5) is 18.9 Å². The Hall–Kier alpha value is -2.54. The fourth-order valence-electron chi connectivity index (χ4n) is 2.05. The van der Waals surface area contributed by atoms with Crippen molar-refractivity contribution in [2.75, 3.05) is 10.1 Å². The minimum Gasteiger partial charge on any atom is -0.414 e. The van der Waals surface area contributed by atoms with Crippen molar-refractivity contribution in [2.45, 2.75) is 19.9 Å². The summed E-state index contributed by atoms with van der Waals surface area (Å²) in [5.41, 5.74) is 0.174. The fraction of sp³-hybridized carbons (Fsp3) is 0.286. The van der Waals surface area contributed by atoms with E-state index in [4.69, 9.17) is 4.42 Å². The van der Waals surface area contributed by atoms with E-state index in [-0.39, 0.29) is 23.9 Å². The van der Waals surface area contributed by atoms with Crippen LogP contribution in [0.2, 0.25) is 0 Å². The molecule has 0 bridgehead atoms. The summed E-state index contributed by atoms with van der Waals surface area (Å²) in [6.07, 6.45) is -0.471. The Balaban J connectivity index is 1.88. The second kappa shape index (κ2) is 7.60. The van der Waals surface area contributed by atoms with Gasteiger partial charge in [0, 0.05) is 0 Å². The highest BCUT2D eigenvalue weighted by Crippen LogP contribution is 2.29. The van der Waals surface area contributed by atoms with E-state index < -0.39 is 28.3 Å². The Bertz CT molecular complexity index is 1020. The average molecular weight is 419 g/mol. The average Bonchev–Trinajstić information content (AvgIpc) is 3.30. The highest BCUT2D eigenvalue weighted by atomic mass is 32.2. The highest BCUT2D eigenvalue weighted by molar-refractivity contribution is 7.92. The maximum Gasteiger partial charge on any atom is 0.314 e. The summed E-state index contributed by atoms with van der Waals surface area (Å²) < 4.78 is 68.8. The van der Waals surface area contributed by atoms with E-state index in [1.807, 2.05) is 0 Å². The lowest BCUT2D eigenvalue weighted by atomic mass is 10.4. The van der Waals surface area contributed by atoms with Gasteiger partial charge in [-0.15, -0.1) is 21.5 Å². The number of sulfonamides is 1. The van der Waals surface area contributed by atoms with Gasteiger partial charge in [0.15, 0.2) is 0 Å². The SMILES string of the molecule is CCS(=O)(=O)N(Cc1ncc(-c2nnc(C(F)F)o2)s1)c1ccc(F)nc1. The number of anilines is 1. The van der Waals surface area contributed by atoms with Crippen molar-refractivity contribution in [2.24, 2.45) is 0 Å². The largest absolute Gasteiger partial charge is 0.414 e. The van der Waals surface area contributed by atoms with E-state index in [1.165, 1.54) is 19.2 Å². The molecule has 0 saturated heterocycles. The zero-order valence-electron chi connectivity index (χ0n) is 13.7. The maximum atomic E-state index is 13.0.